The van der Waals surface area contributed by atoms with Gasteiger partial charge in [0.2, 0.25) is 0 Å². The fourth-order valence-electron chi connectivity index (χ4n) is 1.96. The topological polar surface area (TPSA) is 16.1 Å². The molecule has 0 saturated carbocycles. The van der Waals surface area contributed by atoms with Crippen LogP contribution in [0.25, 0.3) is 0 Å². The summed E-state index contributed by atoms with van der Waals surface area (Å²) < 4.78 is 13.5. The van der Waals surface area contributed by atoms with Crippen LogP contribution in [0.4, 0.5) is 10.1 Å². The summed E-state index contributed by atoms with van der Waals surface area (Å²) in [7, 11) is 0. The van der Waals surface area contributed by atoms with Crippen molar-refractivity contribution in [2.45, 2.75) is 18.2 Å². The van der Waals surface area contributed by atoms with E-state index in [0.717, 1.165) is 19.5 Å². The fraction of sp³-hybridized carbons (Fsp3) is 0.545. The summed E-state index contributed by atoms with van der Waals surface area (Å²) in [5.74, 6) is 0.323. The normalized spacial score (nSPS) is 26.7. The summed E-state index contributed by atoms with van der Waals surface area (Å²) in [6.07, 6.45) is 3.98. The van der Waals surface area contributed by atoms with Crippen molar-refractivity contribution >= 4 is 21.6 Å². The third-order valence-electron chi connectivity index (χ3n) is 2.89. The number of nitrogens with zero attached hydrogens (tertiary/aromatic N) is 2. The molecule has 1 aliphatic rings. The highest BCUT2D eigenvalue weighted by molar-refractivity contribution is 9.09. The van der Waals surface area contributed by atoms with Crippen LogP contribution in [-0.2, 0) is 0 Å². The van der Waals surface area contributed by atoms with Crippen molar-refractivity contribution in [3.63, 3.8) is 0 Å². The summed E-state index contributed by atoms with van der Waals surface area (Å²) in [5, 5.41) is 0. The second-order valence-electron chi connectivity index (χ2n) is 4.06. The molecule has 0 bridgehead atoms. The highest BCUT2D eigenvalue weighted by atomic mass is 79.9. The predicted molar refractivity (Wildman–Crippen MR) is 62.9 cm³/mol. The van der Waals surface area contributed by atoms with Gasteiger partial charge in [-0.2, -0.15) is 0 Å². The standard InChI is InChI=1S/C11H14BrFN2/c1-8-7-15(5-3-9(8)12)11-2-4-14-6-10(11)13/h2,4,6,8-9H,3,5,7H2,1H3. The zero-order valence-corrected chi connectivity index (χ0v) is 10.2. The molecule has 2 heterocycles. The van der Waals surface area contributed by atoms with Gasteiger partial charge in [-0.25, -0.2) is 4.39 Å². The van der Waals surface area contributed by atoms with Crippen LogP contribution in [-0.4, -0.2) is 22.9 Å². The molecule has 15 heavy (non-hydrogen) atoms. The Hall–Kier alpha value is -0.640. The first kappa shape index (κ1) is 10.9. The van der Waals surface area contributed by atoms with E-state index in [-0.39, 0.29) is 5.82 Å². The molecule has 1 fully saturated rings. The van der Waals surface area contributed by atoms with Crippen LogP contribution in [0.15, 0.2) is 18.5 Å². The first-order valence-corrected chi connectivity index (χ1v) is 6.08. The van der Waals surface area contributed by atoms with Crippen LogP contribution < -0.4 is 4.90 Å². The van der Waals surface area contributed by atoms with Gasteiger partial charge in [0.1, 0.15) is 0 Å². The third-order valence-corrected chi connectivity index (χ3v) is 4.25. The molecule has 0 aromatic carbocycles. The second kappa shape index (κ2) is 4.47. The maximum atomic E-state index is 13.5. The number of rotatable bonds is 1. The fourth-order valence-corrected chi connectivity index (χ4v) is 2.33. The summed E-state index contributed by atoms with van der Waals surface area (Å²) in [5.41, 5.74) is 0.677. The van der Waals surface area contributed by atoms with Crippen molar-refractivity contribution in [3.05, 3.63) is 24.3 Å². The number of alkyl halides is 1. The summed E-state index contributed by atoms with van der Waals surface area (Å²) in [4.78, 5) is 6.41. The van der Waals surface area contributed by atoms with E-state index in [1.807, 2.05) is 0 Å². The molecule has 0 amide bonds. The Morgan fingerprint density at radius 2 is 2.40 bits per heavy atom. The van der Waals surface area contributed by atoms with E-state index >= 15 is 0 Å². The van der Waals surface area contributed by atoms with Gasteiger partial charge in [0.05, 0.1) is 11.9 Å². The summed E-state index contributed by atoms with van der Waals surface area (Å²) in [6.45, 7) is 3.99. The smallest absolute Gasteiger partial charge is 0.164 e. The van der Waals surface area contributed by atoms with E-state index in [1.165, 1.54) is 6.20 Å². The average molecular weight is 273 g/mol. The van der Waals surface area contributed by atoms with E-state index in [1.54, 1.807) is 12.3 Å². The highest BCUT2D eigenvalue weighted by Crippen LogP contribution is 2.28. The molecule has 0 N–H and O–H groups in total. The highest BCUT2D eigenvalue weighted by Gasteiger charge is 2.25. The minimum absolute atomic E-state index is 0.224. The molecule has 4 heteroatoms. The molecule has 82 valence electrons. The molecular formula is C11H14BrFN2. The van der Waals surface area contributed by atoms with Gasteiger partial charge in [-0.3, -0.25) is 4.98 Å². The van der Waals surface area contributed by atoms with E-state index < -0.39 is 0 Å². The van der Waals surface area contributed by atoms with Gasteiger partial charge in [-0.05, 0) is 18.4 Å². The molecule has 0 aliphatic carbocycles. The van der Waals surface area contributed by atoms with Gasteiger partial charge in [0, 0.05) is 24.1 Å². The van der Waals surface area contributed by atoms with Crippen LogP contribution in [0.5, 0.6) is 0 Å². The zero-order valence-electron chi connectivity index (χ0n) is 8.66. The number of hydrogen-bond acceptors (Lipinski definition) is 2. The number of pyridine rings is 1. The molecule has 2 atom stereocenters. The van der Waals surface area contributed by atoms with Crippen molar-refractivity contribution in [1.29, 1.82) is 0 Å². The predicted octanol–water partition coefficient (Wildman–Crippen LogP) is 2.83. The Balaban J connectivity index is 2.15. The number of hydrogen-bond donors (Lipinski definition) is 0. The lowest BCUT2D eigenvalue weighted by atomic mass is 9.99. The van der Waals surface area contributed by atoms with E-state index in [4.69, 9.17) is 0 Å². The van der Waals surface area contributed by atoms with Gasteiger partial charge in [-0.15, -0.1) is 0 Å². The summed E-state index contributed by atoms with van der Waals surface area (Å²) >= 11 is 3.64. The van der Waals surface area contributed by atoms with E-state index in [0.29, 0.717) is 16.4 Å². The molecule has 2 rings (SSSR count). The number of aromatic nitrogens is 1. The number of piperidine rings is 1. The lowest BCUT2D eigenvalue weighted by Gasteiger charge is -2.35. The van der Waals surface area contributed by atoms with Crippen molar-refractivity contribution in [2.24, 2.45) is 5.92 Å². The first-order valence-electron chi connectivity index (χ1n) is 5.17. The van der Waals surface area contributed by atoms with Crippen LogP contribution >= 0.6 is 15.9 Å². The van der Waals surface area contributed by atoms with Crippen molar-refractivity contribution in [1.82, 2.24) is 4.98 Å². The Morgan fingerprint density at radius 3 is 3.07 bits per heavy atom. The number of halogens is 2. The molecule has 1 aromatic heterocycles. The van der Waals surface area contributed by atoms with Gasteiger partial charge in [-0.1, -0.05) is 22.9 Å². The van der Waals surface area contributed by atoms with Crippen molar-refractivity contribution in [3.8, 4) is 0 Å². The van der Waals surface area contributed by atoms with Crippen LogP contribution in [0.1, 0.15) is 13.3 Å². The maximum absolute atomic E-state index is 13.5. The monoisotopic (exact) mass is 272 g/mol. The Bertz CT molecular complexity index is 345. The van der Waals surface area contributed by atoms with Gasteiger partial charge in [0.15, 0.2) is 5.82 Å². The van der Waals surface area contributed by atoms with Crippen LogP contribution in [0.2, 0.25) is 0 Å². The summed E-state index contributed by atoms with van der Waals surface area (Å²) in [6, 6.07) is 1.75. The lowest BCUT2D eigenvalue weighted by Crippen LogP contribution is -2.40. The molecular weight excluding hydrogens is 259 g/mol. The van der Waals surface area contributed by atoms with Gasteiger partial charge < -0.3 is 4.90 Å². The Morgan fingerprint density at radius 1 is 1.60 bits per heavy atom. The molecule has 0 radical (unpaired) electrons. The molecule has 1 aromatic rings. The molecule has 2 unspecified atom stereocenters. The molecule has 0 spiro atoms. The van der Waals surface area contributed by atoms with Crippen LogP contribution in [0.3, 0.4) is 0 Å². The maximum Gasteiger partial charge on any atom is 0.164 e. The molecule has 1 saturated heterocycles. The van der Waals surface area contributed by atoms with E-state index in [2.05, 4.69) is 32.7 Å². The minimum Gasteiger partial charge on any atom is -0.369 e. The SMILES string of the molecule is CC1CN(c2ccncc2F)CCC1Br. The molecule has 1 aliphatic heterocycles. The van der Waals surface area contributed by atoms with Crippen molar-refractivity contribution in [2.75, 3.05) is 18.0 Å². The van der Waals surface area contributed by atoms with Gasteiger partial charge >= 0.3 is 0 Å². The van der Waals surface area contributed by atoms with Crippen LogP contribution in [0, 0.1) is 11.7 Å². The lowest BCUT2D eigenvalue weighted by molar-refractivity contribution is 0.460. The number of anilines is 1. The minimum atomic E-state index is -0.224. The Labute approximate surface area is 97.6 Å². The quantitative estimate of drug-likeness (QED) is 0.731. The average Bonchev–Trinajstić information content (AvgIpc) is 2.23. The van der Waals surface area contributed by atoms with E-state index in [9.17, 15) is 4.39 Å². The second-order valence-corrected chi connectivity index (χ2v) is 5.23. The van der Waals surface area contributed by atoms with Crippen molar-refractivity contribution < 1.29 is 4.39 Å². The van der Waals surface area contributed by atoms with Gasteiger partial charge in [0.25, 0.3) is 0 Å². The largest absolute Gasteiger partial charge is 0.369 e. The third kappa shape index (κ3) is 2.30. The zero-order chi connectivity index (χ0) is 10.8. The molecule has 2 nitrogen and oxygen atoms in total. The Kier molecular flexibility index (Phi) is 3.24. The first-order chi connectivity index (χ1) is 7.18.